The lowest BCUT2D eigenvalue weighted by molar-refractivity contribution is -0.120. The van der Waals surface area contributed by atoms with Crippen molar-refractivity contribution in [3.8, 4) is 0 Å². The Hall–Kier alpha value is -1.10. The first-order valence-corrected chi connectivity index (χ1v) is 8.03. The summed E-state index contributed by atoms with van der Waals surface area (Å²) < 4.78 is 0. The van der Waals surface area contributed by atoms with Crippen LogP contribution in [-0.2, 0) is 11.2 Å². The molecule has 1 unspecified atom stereocenters. The van der Waals surface area contributed by atoms with E-state index in [0.717, 1.165) is 38.3 Å². The zero-order valence-corrected chi connectivity index (χ0v) is 14.1. The normalized spacial score (nSPS) is 21.3. The molecule has 122 valence electrons. The van der Waals surface area contributed by atoms with E-state index in [4.69, 9.17) is 0 Å². The molecule has 5 heteroatoms. The Morgan fingerprint density at radius 1 is 1.32 bits per heavy atom. The van der Waals surface area contributed by atoms with Crippen LogP contribution in [-0.4, -0.2) is 50.6 Å². The first kappa shape index (κ1) is 17.3. The van der Waals surface area contributed by atoms with E-state index in [0.29, 0.717) is 12.5 Å². The molecule has 0 spiro atoms. The molecule has 0 bridgehead atoms. The first-order chi connectivity index (χ1) is 10.3. The van der Waals surface area contributed by atoms with Gasteiger partial charge >= 0.3 is 0 Å². The van der Waals surface area contributed by atoms with E-state index in [-0.39, 0.29) is 18.3 Å². The Morgan fingerprint density at radius 2 is 2.14 bits per heavy atom. The summed E-state index contributed by atoms with van der Waals surface area (Å²) in [5, 5.41) is 3.26. The number of nitrogens with one attached hydrogen (secondary N) is 1. The van der Waals surface area contributed by atoms with Crippen molar-refractivity contribution in [1.82, 2.24) is 10.2 Å². The van der Waals surface area contributed by atoms with Gasteiger partial charge in [-0.3, -0.25) is 9.69 Å². The maximum atomic E-state index is 12.6. The van der Waals surface area contributed by atoms with E-state index in [1.54, 1.807) is 0 Å². The number of anilines is 1. The quantitative estimate of drug-likeness (QED) is 0.919. The van der Waals surface area contributed by atoms with Crippen molar-refractivity contribution in [2.45, 2.75) is 19.3 Å². The third-order valence-corrected chi connectivity index (χ3v) is 4.64. The van der Waals surface area contributed by atoms with E-state index in [2.05, 4.69) is 28.4 Å². The minimum Gasteiger partial charge on any atom is -0.319 e. The van der Waals surface area contributed by atoms with Crippen LogP contribution in [0.15, 0.2) is 24.3 Å². The SMILES string of the molecule is CNCC1CCCN(CC(=O)N2CCc3ccccc32)C1.Cl. The van der Waals surface area contributed by atoms with Gasteiger partial charge in [0.05, 0.1) is 6.54 Å². The van der Waals surface area contributed by atoms with Gasteiger partial charge in [0.25, 0.3) is 0 Å². The van der Waals surface area contributed by atoms with Crippen LogP contribution in [0.3, 0.4) is 0 Å². The van der Waals surface area contributed by atoms with Crippen molar-refractivity contribution in [3.05, 3.63) is 29.8 Å². The number of hydrogen-bond acceptors (Lipinski definition) is 3. The summed E-state index contributed by atoms with van der Waals surface area (Å²) in [6.07, 6.45) is 3.47. The van der Waals surface area contributed by atoms with Gasteiger partial charge < -0.3 is 10.2 Å². The van der Waals surface area contributed by atoms with Crippen molar-refractivity contribution >= 4 is 24.0 Å². The number of rotatable bonds is 4. The molecular formula is C17H26ClN3O. The molecule has 0 saturated carbocycles. The maximum absolute atomic E-state index is 12.6. The Bertz CT molecular complexity index is 506. The van der Waals surface area contributed by atoms with Gasteiger partial charge in [0.1, 0.15) is 0 Å². The van der Waals surface area contributed by atoms with Gasteiger partial charge in [-0.1, -0.05) is 18.2 Å². The second-order valence-corrected chi connectivity index (χ2v) is 6.23. The molecule has 0 radical (unpaired) electrons. The minimum atomic E-state index is 0. The van der Waals surface area contributed by atoms with Crippen LogP contribution in [0.1, 0.15) is 18.4 Å². The molecule has 3 rings (SSSR count). The lowest BCUT2D eigenvalue weighted by atomic mass is 9.98. The van der Waals surface area contributed by atoms with Crippen molar-refractivity contribution in [3.63, 3.8) is 0 Å². The summed E-state index contributed by atoms with van der Waals surface area (Å²) in [4.78, 5) is 16.9. The number of amides is 1. The molecule has 2 aliphatic heterocycles. The average Bonchev–Trinajstić information content (AvgIpc) is 2.92. The Balaban J connectivity index is 0.00000176. The smallest absolute Gasteiger partial charge is 0.241 e. The fourth-order valence-electron chi connectivity index (χ4n) is 3.62. The van der Waals surface area contributed by atoms with Crippen molar-refractivity contribution in [2.75, 3.05) is 44.7 Å². The molecule has 4 nitrogen and oxygen atoms in total. The topological polar surface area (TPSA) is 35.6 Å². The highest BCUT2D eigenvalue weighted by atomic mass is 35.5. The molecule has 22 heavy (non-hydrogen) atoms. The van der Waals surface area contributed by atoms with Gasteiger partial charge in [-0.15, -0.1) is 12.4 Å². The van der Waals surface area contributed by atoms with Crippen LogP contribution in [0.25, 0.3) is 0 Å². The largest absolute Gasteiger partial charge is 0.319 e. The van der Waals surface area contributed by atoms with Gasteiger partial charge in [0, 0.05) is 18.8 Å². The highest BCUT2D eigenvalue weighted by Crippen LogP contribution is 2.27. The number of para-hydroxylation sites is 1. The fourth-order valence-corrected chi connectivity index (χ4v) is 3.62. The summed E-state index contributed by atoms with van der Waals surface area (Å²) in [7, 11) is 2.01. The minimum absolute atomic E-state index is 0. The third-order valence-electron chi connectivity index (χ3n) is 4.64. The highest BCUT2D eigenvalue weighted by molar-refractivity contribution is 5.96. The second kappa shape index (κ2) is 7.95. The van der Waals surface area contributed by atoms with Crippen LogP contribution >= 0.6 is 12.4 Å². The molecule has 0 aliphatic carbocycles. The summed E-state index contributed by atoms with van der Waals surface area (Å²) in [6.45, 7) is 4.56. The van der Waals surface area contributed by atoms with Crippen molar-refractivity contribution < 1.29 is 4.79 Å². The summed E-state index contributed by atoms with van der Waals surface area (Å²) in [5.41, 5.74) is 2.42. The summed E-state index contributed by atoms with van der Waals surface area (Å²) in [6, 6.07) is 8.28. The number of hydrogen-bond donors (Lipinski definition) is 1. The number of halogens is 1. The molecule has 1 fully saturated rings. The van der Waals surface area contributed by atoms with Crippen LogP contribution in [0.4, 0.5) is 5.69 Å². The molecule has 1 atom stereocenters. The molecule has 2 aliphatic rings. The predicted octanol–water partition coefficient (Wildman–Crippen LogP) is 1.93. The standard InChI is InChI=1S/C17H25N3O.ClH/c1-18-11-14-5-4-9-19(12-14)13-17(21)20-10-8-15-6-2-3-7-16(15)20;/h2-3,6-7,14,18H,4-5,8-13H2,1H3;1H. The average molecular weight is 324 g/mol. The third kappa shape index (κ3) is 3.80. The van der Waals surface area contributed by atoms with E-state index >= 15 is 0 Å². The van der Waals surface area contributed by atoms with Gasteiger partial charge in [0.15, 0.2) is 0 Å². The lowest BCUT2D eigenvalue weighted by Gasteiger charge is -2.33. The van der Waals surface area contributed by atoms with Gasteiger partial charge in [-0.25, -0.2) is 0 Å². The number of fused-ring (bicyclic) bond motifs is 1. The number of carbonyl (C=O) groups excluding carboxylic acids is 1. The van der Waals surface area contributed by atoms with Crippen LogP contribution in [0.2, 0.25) is 0 Å². The number of nitrogens with zero attached hydrogens (tertiary/aromatic N) is 2. The van der Waals surface area contributed by atoms with Crippen LogP contribution < -0.4 is 10.2 Å². The van der Waals surface area contributed by atoms with E-state index in [9.17, 15) is 4.79 Å². The molecular weight excluding hydrogens is 298 g/mol. The number of piperidine rings is 1. The summed E-state index contributed by atoms with van der Waals surface area (Å²) >= 11 is 0. The number of likely N-dealkylation sites (tertiary alicyclic amines) is 1. The molecule has 1 aromatic rings. The monoisotopic (exact) mass is 323 g/mol. The van der Waals surface area contributed by atoms with Gasteiger partial charge in [-0.2, -0.15) is 0 Å². The number of benzene rings is 1. The molecule has 2 heterocycles. The molecule has 0 aromatic heterocycles. The molecule has 1 saturated heterocycles. The summed E-state index contributed by atoms with van der Waals surface area (Å²) in [5.74, 6) is 0.937. The Labute approximate surface area is 139 Å². The molecule has 1 amide bonds. The van der Waals surface area contributed by atoms with Crippen LogP contribution in [0.5, 0.6) is 0 Å². The predicted molar refractivity (Wildman–Crippen MR) is 92.8 cm³/mol. The van der Waals surface area contributed by atoms with E-state index in [1.165, 1.54) is 18.4 Å². The maximum Gasteiger partial charge on any atom is 0.241 e. The van der Waals surface area contributed by atoms with Crippen molar-refractivity contribution in [2.24, 2.45) is 5.92 Å². The zero-order chi connectivity index (χ0) is 14.7. The number of carbonyl (C=O) groups is 1. The fraction of sp³-hybridized carbons (Fsp3) is 0.588. The Morgan fingerprint density at radius 3 is 2.95 bits per heavy atom. The first-order valence-electron chi connectivity index (χ1n) is 8.03. The van der Waals surface area contributed by atoms with Crippen molar-refractivity contribution in [1.29, 1.82) is 0 Å². The second-order valence-electron chi connectivity index (χ2n) is 6.23. The highest BCUT2D eigenvalue weighted by Gasteiger charge is 2.27. The lowest BCUT2D eigenvalue weighted by Crippen LogP contribution is -2.45. The van der Waals surface area contributed by atoms with E-state index in [1.807, 2.05) is 18.0 Å². The van der Waals surface area contributed by atoms with E-state index < -0.39 is 0 Å². The van der Waals surface area contributed by atoms with Crippen LogP contribution in [0, 0.1) is 5.92 Å². The zero-order valence-electron chi connectivity index (χ0n) is 13.3. The Kier molecular flexibility index (Phi) is 6.24. The van der Waals surface area contributed by atoms with Gasteiger partial charge in [-0.05, 0) is 56.9 Å². The molecule has 1 N–H and O–H groups in total. The molecule has 1 aromatic carbocycles. The van der Waals surface area contributed by atoms with Gasteiger partial charge in [0.2, 0.25) is 5.91 Å².